The Bertz CT molecular complexity index is 95.9. The number of hydrogen-bond acceptors (Lipinski definition) is 1. The Morgan fingerprint density at radius 2 is 2.57 bits per heavy atom. The smallest absolute Gasteiger partial charge is 0.0985 e. The maximum absolute atomic E-state index is 3.70. The molecule has 0 aromatic carbocycles. The van der Waals surface area contributed by atoms with Gasteiger partial charge in [-0.15, -0.1) is 0 Å². The molecular formula is C4H7INS+. The van der Waals surface area contributed by atoms with E-state index in [1.54, 1.807) is 11.8 Å². The molecule has 1 nitrogen and oxygen atoms in total. The number of halogens is 1. The van der Waals surface area contributed by atoms with Gasteiger partial charge in [0.15, 0.2) is 0 Å². The first-order chi connectivity index (χ1) is 3.31. The second-order valence-electron chi connectivity index (χ2n) is 0.931. The van der Waals surface area contributed by atoms with Crippen molar-refractivity contribution in [1.29, 1.82) is 0 Å². The van der Waals surface area contributed by atoms with Gasteiger partial charge in [0.2, 0.25) is 0 Å². The minimum Gasteiger partial charge on any atom is -0.0985 e. The summed E-state index contributed by atoms with van der Waals surface area (Å²) >= 11 is 3.99. The molecule has 0 unspecified atom stereocenters. The van der Waals surface area contributed by atoms with Gasteiger partial charge in [-0.3, -0.25) is 0 Å². The van der Waals surface area contributed by atoms with Crippen molar-refractivity contribution in [2.45, 2.75) is 6.92 Å². The van der Waals surface area contributed by atoms with Crippen LogP contribution in [0.25, 0.3) is 0 Å². The van der Waals surface area contributed by atoms with Crippen LogP contribution in [0.4, 0.5) is 0 Å². The predicted molar refractivity (Wildman–Crippen MR) is 46.4 cm³/mol. The number of thioether (sulfide) groups is 1. The highest BCUT2D eigenvalue weighted by Crippen LogP contribution is 2.03. The molecule has 0 saturated carbocycles. The van der Waals surface area contributed by atoms with Crippen molar-refractivity contribution in [2.24, 2.45) is 0 Å². The molecule has 0 rings (SSSR count). The summed E-state index contributed by atoms with van der Waals surface area (Å²) in [5.41, 5.74) is 0. The van der Waals surface area contributed by atoms with Crippen LogP contribution in [0.3, 0.4) is 0 Å². The third-order valence-electron chi connectivity index (χ3n) is 0.486. The Morgan fingerprint density at radius 3 is 2.71 bits per heavy atom. The minimum atomic E-state index is 1.05. The van der Waals surface area contributed by atoms with Gasteiger partial charge in [-0.1, -0.05) is 27.3 Å². The normalized spacial score (nSPS) is 7.71. The van der Waals surface area contributed by atoms with Gasteiger partial charge in [-0.2, -0.15) is 0 Å². The second-order valence-corrected chi connectivity index (χ2v) is 3.90. The van der Waals surface area contributed by atoms with Gasteiger partial charge in [0, 0.05) is 6.92 Å². The molecule has 0 aliphatic heterocycles. The zero-order chi connectivity index (χ0) is 5.70. The molecule has 0 aromatic heterocycles. The van der Waals surface area contributed by atoms with E-state index in [1.807, 2.05) is 6.92 Å². The highest BCUT2D eigenvalue weighted by Gasteiger charge is 1.95. The van der Waals surface area contributed by atoms with E-state index in [1.165, 1.54) is 0 Å². The van der Waals surface area contributed by atoms with Crippen LogP contribution in [-0.2, 0) is 0 Å². The molecule has 40 valence electrons. The Labute approximate surface area is 61.5 Å². The van der Waals surface area contributed by atoms with Crippen molar-refractivity contribution in [2.75, 3.05) is 3.76 Å². The van der Waals surface area contributed by atoms with Crippen molar-refractivity contribution in [3.8, 4) is 0 Å². The monoisotopic (exact) mass is 228 g/mol. The van der Waals surface area contributed by atoms with Crippen LogP contribution in [0.1, 0.15) is 6.92 Å². The van der Waals surface area contributed by atoms with Crippen molar-refractivity contribution in [1.82, 2.24) is 4.67 Å². The maximum atomic E-state index is 3.70. The summed E-state index contributed by atoms with van der Waals surface area (Å²) in [4.78, 5) is 0. The van der Waals surface area contributed by atoms with Crippen molar-refractivity contribution in [3.05, 3.63) is 0 Å². The summed E-state index contributed by atoms with van der Waals surface area (Å²) in [7, 11) is 0. The number of hydrogen-bond donors (Lipinski definition) is 0. The SMILES string of the molecule is C=[N+]=C(C)SCI. The fourth-order valence-electron chi connectivity index (χ4n) is 0.125. The number of nitrogens with zero attached hydrogens (tertiary/aromatic N) is 1. The molecule has 0 fully saturated rings. The zero-order valence-corrected chi connectivity index (χ0v) is 7.12. The highest BCUT2D eigenvalue weighted by molar-refractivity contribution is 14.1. The van der Waals surface area contributed by atoms with Gasteiger partial charge in [0.1, 0.15) is 0 Å². The number of alkyl halides is 1. The van der Waals surface area contributed by atoms with E-state index in [0.717, 1.165) is 8.80 Å². The molecule has 0 aromatic rings. The molecule has 0 amide bonds. The predicted octanol–water partition coefficient (Wildman–Crippen LogP) is 1.30. The van der Waals surface area contributed by atoms with E-state index in [2.05, 4.69) is 34.0 Å². The van der Waals surface area contributed by atoms with Crippen molar-refractivity contribution < 1.29 is 0 Å². The molecule has 0 spiro atoms. The van der Waals surface area contributed by atoms with Gasteiger partial charge in [-0.25, -0.2) is 0 Å². The third-order valence-corrected chi connectivity index (χ3v) is 2.08. The Hall–Kier alpha value is 0.530. The fraction of sp³-hybridized carbons (Fsp3) is 0.500. The average Bonchev–Trinajstić information content (AvgIpc) is 1.68. The van der Waals surface area contributed by atoms with Crippen LogP contribution in [0.2, 0.25) is 0 Å². The Morgan fingerprint density at radius 1 is 2.00 bits per heavy atom. The van der Waals surface area contributed by atoms with Gasteiger partial charge in [0.05, 0.1) is 3.76 Å². The van der Waals surface area contributed by atoms with Gasteiger partial charge in [-0.05, 0) is 11.8 Å². The lowest BCUT2D eigenvalue weighted by Crippen LogP contribution is -1.84. The summed E-state index contributed by atoms with van der Waals surface area (Å²) in [6.07, 6.45) is 0. The van der Waals surface area contributed by atoms with E-state index in [4.69, 9.17) is 0 Å². The standard InChI is InChI=1S/C4H7INS/c1-4(6-2)7-3-5/h2-3H2,1H3/q+1. The molecule has 0 aliphatic carbocycles. The molecule has 3 heteroatoms. The van der Waals surface area contributed by atoms with Gasteiger partial charge < -0.3 is 0 Å². The van der Waals surface area contributed by atoms with E-state index in [9.17, 15) is 0 Å². The summed E-state index contributed by atoms with van der Waals surface area (Å²) < 4.78 is 4.76. The largest absolute Gasteiger partial charge is 0.334 e. The molecule has 0 aliphatic rings. The van der Waals surface area contributed by atoms with Gasteiger partial charge >= 0.3 is 5.04 Å². The lowest BCUT2D eigenvalue weighted by molar-refractivity contribution is 1.71. The molecule has 0 heterocycles. The van der Waals surface area contributed by atoms with Crippen LogP contribution in [-0.4, -0.2) is 15.5 Å². The van der Waals surface area contributed by atoms with Crippen molar-refractivity contribution in [3.63, 3.8) is 0 Å². The van der Waals surface area contributed by atoms with E-state index >= 15 is 0 Å². The first-order valence-electron chi connectivity index (χ1n) is 1.80. The highest BCUT2D eigenvalue weighted by atomic mass is 127. The molecule has 0 saturated heterocycles. The molecule has 0 bridgehead atoms. The zero-order valence-electron chi connectivity index (χ0n) is 4.15. The van der Waals surface area contributed by atoms with Crippen LogP contribution in [0.15, 0.2) is 0 Å². The third kappa shape index (κ3) is 4.38. The maximum Gasteiger partial charge on any atom is 0.334 e. The van der Waals surface area contributed by atoms with Crippen LogP contribution >= 0.6 is 34.4 Å². The molecule has 0 radical (unpaired) electrons. The first-order valence-corrected chi connectivity index (χ1v) is 4.31. The lowest BCUT2D eigenvalue weighted by atomic mass is 10.9. The molecule has 0 N–H and O–H groups in total. The average molecular weight is 228 g/mol. The van der Waals surface area contributed by atoms with Gasteiger partial charge in [0.25, 0.3) is 6.72 Å². The second kappa shape index (κ2) is 4.68. The summed E-state index contributed by atoms with van der Waals surface area (Å²) in [5.74, 6) is 0. The molecule has 0 atom stereocenters. The first kappa shape index (κ1) is 7.53. The lowest BCUT2D eigenvalue weighted by Gasteiger charge is -1.74. The van der Waals surface area contributed by atoms with E-state index in [0.29, 0.717) is 0 Å². The Kier molecular flexibility index (Phi) is 5.04. The number of rotatable bonds is 1. The van der Waals surface area contributed by atoms with Crippen LogP contribution in [0, 0.1) is 0 Å². The summed E-state index contributed by atoms with van der Waals surface area (Å²) in [6, 6.07) is 0. The molecule has 7 heavy (non-hydrogen) atoms. The van der Waals surface area contributed by atoms with Crippen LogP contribution in [0.5, 0.6) is 0 Å². The summed E-state index contributed by atoms with van der Waals surface area (Å²) in [6.45, 7) is 5.32. The topological polar surface area (TPSA) is 14.1 Å². The Balaban J connectivity index is 3.37. The quantitative estimate of drug-likeness (QED) is 0.217. The molecular weight excluding hydrogens is 221 g/mol. The van der Waals surface area contributed by atoms with E-state index < -0.39 is 0 Å². The van der Waals surface area contributed by atoms with Crippen molar-refractivity contribution >= 4 is 46.1 Å². The van der Waals surface area contributed by atoms with E-state index in [-0.39, 0.29) is 0 Å². The summed E-state index contributed by atoms with van der Waals surface area (Å²) in [5, 5.41) is 1.05. The minimum absolute atomic E-state index is 1.05. The fourth-order valence-corrected chi connectivity index (χ4v) is 1.73. The van der Waals surface area contributed by atoms with Crippen LogP contribution < -0.4 is 4.67 Å².